The quantitative estimate of drug-likeness (QED) is 0.517. The molecule has 146 valence electrons. The summed E-state index contributed by atoms with van der Waals surface area (Å²) in [5.41, 5.74) is 9.52. The van der Waals surface area contributed by atoms with Crippen LogP contribution in [0.5, 0.6) is 0 Å². The minimum Gasteiger partial charge on any atom is -0.309 e. The van der Waals surface area contributed by atoms with Gasteiger partial charge in [0.1, 0.15) is 0 Å². The minimum atomic E-state index is -3.02. The highest BCUT2D eigenvalue weighted by molar-refractivity contribution is 7.85. The maximum atomic E-state index is 15.2. The first kappa shape index (κ1) is 20.6. The van der Waals surface area contributed by atoms with Crippen LogP contribution in [0.15, 0.2) is 42.5 Å². The Morgan fingerprint density at radius 2 is 0.929 bits per heavy atom. The third-order valence-electron chi connectivity index (χ3n) is 6.38. The van der Waals surface area contributed by atoms with Gasteiger partial charge in [-0.05, 0) is 99.9 Å². The lowest BCUT2D eigenvalue weighted by molar-refractivity contribution is 0.592. The summed E-state index contributed by atoms with van der Waals surface area (Å²) in [4.78, 5) is 0. The summed E-state index contributed by atoms with van der Waals surface area (Å²) in [6, 6.07) is 14.4. The second kappa shape index (κ2) is 7.37. The molecule has 0 unspecified atom stereocenters. The Hall–Kier alpha value is -2.11. The first-order valence-electron chi connectivity index (χ1n) is 9.92. The molecule has 3 aromatic carbocycles. The first-order valence-corrected chi connectivity index (χ1v) is 11.6. The molecule has 0 spiro atoms. The molecule has 0 aliphatic carbocycles. The molecule has 0 amide bonds. The Labute approximate surface area is 170 Å². The molecule has 0 bridgehead atoms. The van der Waals surface area contributed by atoms with Gasteiger partial charge in [-0.15, -0.1) is 0 Å². The number of hydrogen-bond donors (Lipinski definition) is 0. The van der Waals surface area contributed by atoms with Gasteiger partial charge in [0, 0.05) is 15.9 Å². The zero-order valence-corrected chi connectivity index (χ0v) is 19.3. The molecular weight excluding hydrogens is 359 g/mol. The van der Waals surface area contributed by atoms with Crippen LogP contribution in [0.3, 0.4) is 0 Å². The van der Waals surface area contributed by atoms with Gasteiger partial charge in [-0.3, -0.25) is 0 Å². The second-order valence-corrected chi connectivity index (χ2v) is 10.8. The number of hydrogen-bond acceptors (Lipinski definition) is 1. The van der Waals surface area contributed by atoms with Crippen molar-refractivity contribution in [2.45, 2.75) is 55.4 Å². The van der Waals surface area contributed by atoms with Gasteiger partial charge >= 0.3 is 0 Å². The lowest BCUT2D eigenvalue weighted by Gasteiger charge is -2.29. The molecule has 28 heavy (non-hydrogen) atoms. The predicted octanol–water partition coefficient (Wildman–Crippen LogP) is 5.79. The van der Waals surface area contributed by atoms with E-state index in [-0.39, 0.29) is 0 Å². The molecule has 0 aromatic heterocycles. The topological polar surface area (TPSA) is 17.1 Å². The Bertz CT molecular complexity index is 1040. The van der Waals surface area contributed by atoms with Crippen molar-refractivity contribution >= 4 is 23.1 Å². The van der Waals surface area contributed by atoms with E-state index in [4.69, 9.17) is 0 Å². The van der Waals surface area contributed by atoms with Gasteiger partial charge in [0.05, 0.1) is 0 Å². The van der Waals surface area contributed by atoms with E-state index >= 15 is 4.57 Å². The zero-order valence-electron chi connectivity index (χ0n) is 18.4. The van der Waals surface area contributed by atoms with E-state index in [0.29, 0.717) is 0 Å². The van der Waals surface area contributed by atoms with Gasteiger partial charge < -0.3 is 4.57 Å². The van der Waals surface area contributed by atoms with E-state index in [1.807, 2.05) is 30.3 Å². The van der Waals surface area contributed by atoms with Crippen LogP contribution in [0.2, 0.25) is 0 Å². The molecular formula is C26H31OP. The fourth-order valence-corrected chi connectivity index (χ4v) is 8.25. The first-order chi connectivity index (χ1) is 13.1. The van der Waals surface area contributed by atoms with Crippen molar-refractivity contribution < 1.29 is 4.57 Å². The van der Waals surface area contributed by atoms with Crippen LogP contribution >= 0.6 is 7.14 Å². The third kappa shape index (κ3) is 3.07. The second-order valence-electron chi connectivity index (χ2n) is 8.16. The van der Waals surface area contributed by atoms with Crippen LogP contribution in [-0.2, 0) is 4.57 Å². The van der Waals surface area contributed by atoms with Crippen LogP contribution in [0.25, 0.3) is 0 Å². The summed E-state index contributed by atoms with van der Waals surface area (Å²) < 4.78 is 15.2. The highest BCUT2D eigenvalue weighted by Gasteiger charge is 2.36. The van der Waals surface area contributed by atoms with E-state index in [1.54, 1.807) is 0 Å². The summed E-state index contributed by atoms with van der Waals surface area (Å²) in [6.07, 6.45) is 0. The van der Waals surface area contributed by atoms with E-state index in [0.717, 1.165) is 38.2 Å². The summed E-state index contributed by atoms with van der Waals surface area (Å²) in [6.45, 7) is 17.0. The SMILES string of the molecule is Cc1cc(C)c(P(=O)(c2ccccc2)c2c(C)cc(C)c(C)c2C)c(C)c1C. The number of benzene rings is 3. The van der Waals surface area contributed by atoms with Crippen LogP contribution in [0.4, 0.5) is 0 Å². The zero-order chi connectivity index (χ0) is 20.8. The molecule has 3 rings (SSSR count). The Balaban J connectivity index is 2.55. The molecule has 1 nitrogen and oxygen atoms in total. The van der Waals surface area contributed by atoms with Crippen LogP contribution in [0.1, 0.15) is 44.5 Å². The van der Waals surface area contributed by atoms with Gasteiger partial charge in [-0.2, -0.15) is 0 Å². The monoisotopic (exact) mass is 390 g/mol. The van der Waals surface area contributed by atoms with E-state index in [2.05, 4.69) is 67.5 Å². The van der Waals surface area contributed by atoms with Crippen molar-refractivity contribution in [2.24, 2.45) is 0 Å². The summed E-state index contributed by atoms with van der Waals surface area (Å²) in [5, 5.41) is 2.94. The molecule has 0 atom stereocenters. The minimum absolute atomic E-state index is 0.916. The highest BCUT2D eigenvalue weighted by Crippen LogP contribution is 2.47. The molecule has 0 aliphatic heterocycles. The molecule has 2 heteroatoms. The summed E-state index contributed by atoms with van der Waals surface area (Å²) in [5.74, 6) is 0. The van der Waals surface area contributed by atoms with Crippen LogP contribution in [-0.4, -0.2) is 0 Å². The maximum absolute atomic E-state index is 15.2. The maximum Gasteiger partial charge on any atom is 0.172 e. The molecule has 0 aliphatic rings. The van der Waals surface area contributed by atoms with E-state index in [1.165, 1.54) is 22.3 Å². The lowest BCUT2D eigenvalue weighted by atomic mass is 10.0. The molecule has 0 saturated carbocycles. The van der Waals surface area contributed by atoms with Crippen LogP contribution < -0.4 is 15.9 Å². The van der Waals surface area contributed by atoms with Crippen LogP contribution in [0, 0.1) is 55.4 Å². The lowest BCUT2D eigenvalue weighted by Crippen LogP contribution is -2.32. The average Bonchev–Trinajstić information content (AvgIpc) is 2.65. The summed E-state index contributed by atoms with van der Waals surface area (Å²) >= 11 is 0. The molecule has 0 N–H and O–H groups in total. The molecule has 0 saturated heterocycles. The fourth-order valence-electron chi connectivity index (χ4n) is 4.52. The largest absolute Gasteiger partial charge is 0.309 e. The Kier molecular flexibility index (Phi) is 5.43. The average molecular weight is 391 g/mol. The smallest absolute Gasteiger partial charge is 0.172 e. The fraction of sp³-hybridized carbons (Fsp3) is 0.308. The van der Waals surface area contributed by atoms with Crippen molar-refractivity contribution in [1.82, 2.24) is 0 Å². The van der Waals surface area contributed by atoms with Gasteiger partial charge in [0.25, 0.3) is 0 Å². The van der Waals surface area contributed by atoms with Crippen molar-refractivity contribution in [3.05, 3.63) is 87.0 Å². The normalized spacial score (nSPS) is 11.7. The van der Waals surface area contributed by atoms with Gasteiger partial charge in [0.2, 0.25) is 0 Å². The molecule has 0 heterocycles. The Morgan fingerprint density at radius 1 is 0.536 bits per heavy atom. The van der Waals surface area contributed by atoms with E-state index < -0.39 is 7.14 Å². The number of aryl methyl sites for hydroxylation is 4. The van der Waals surface area contributed by atoms with E-state index in [9.17, 15) is 0 Å². The summed E-state index contributed by atoms with van der Waals surface area (Å²) in [7, 11) is -3.02. The van der Waals surface area contributed by atoms with Gasteiger partial charge in [0.15, 0.2) is 7.14 Å². The van der Waals surface area contributed by atoms with Crippen molar-refractivity contribution in [1.29, 1.82) is 0 Å². The standard InChI is InChI=1S/C26H31OP/c1-16-14-18(3)25(22(7)20(16)5)28(27,24-12-10-9-11-13-24)26-19(4)15-17(2)21(6)23(26)8/h9-15H,1-8H3. The number of rotatable bonds is 3. The van der Waals surface area contributed by atoms with Crippen molar-refractivity contribution in [3.8, 4) is 0 Å². The Morgan fingerprint density at radius 3 is 1.32 bits per heavy atom. The van der Waals surface area contributed by atoms with Gasteiger partial charge in [-0.25, -0.2) is 0 Å². The molecule has 0 radical (unpaired) electrons. The van der Waals surface area contributed by atoms with Gasteiger partial charge in [-0.1, -0.05) is 42.5 Å². The predicted molar refractivity (Wildman–Crippen MR) is 124 cm³/mol. The molecule has 3 aromatic rings. The third-order valence-corrected chi connectivity index (χ3v) is 10.0. The highest BCUT2D eigenvalue weighted by atomic mass is 31.2. The van der Waals surface area contributed by atoms with Crippen molar-refractivity contribution in [3.63, 3.8) is 0 Å². The molecule has 0 fully saturated rings. The van der Waals surface area contributed by atoms with Crippen molar-refractivity contribution in [2.75, 3.05) is 0 Å².